The van der Waals surface area contributed by atoms with Gasteiger partial charge in [0.1, 0.15) is 0 Å². The van der Waals surface area contributed by atoms with Crippen molar-refractivity contribution in [2.75, 3.05) is 5.32 Å². The van der Waals surface area contributed by atoms with Crippen molar-refractivity contribution in [3.05, 3.63) is 62.6 Å². The lowest BCUT2D eigenvalue weighted by Crippen LogP contribution is -2.15. The zero-order valence-electron chi connectivity index (χ0n) is 11.0. The van der Waals surface area contributed by atoms with Crippen molar-refractivity contribution in [1.82, 2.24) is 0 Å². The van der Waals surface area contributed by atoms with Crippen molar-refractivity contribution in [2.24, 2.45) is 0 Å². The molecule has 0 bridgehead atoms. The number of para-hydroxylation sites is 1. The van der Waals surface area contributed by atoms with Crippen molar-refractivity contribution in [1.29, 1.82) is 0 Å². The number of hydrogen-bond acceptors (Lipinski definition) is 2. The lowest BCUT2D eigenvalue weighted by Gasteiger charge is -2.11. The molecule has 0 unspecified atom stereocenters. The number of halogens is 2. The number of benzene rings is 2. The van der Waals surface area contributed by atoms with E-state index in [-0.39, 0.29) is 11.3 Å². The van der Waals surface area contributed by atoms with E-state index in [1.807, 2.05) is 6.92 Å². The summed E-state index contributed by atoms with van der Waals surface area (Å²) >= 11 is 9.17. The zero-order valence-corrected chi connectivity index (χ0v) is 13.3. The first-order chi connectivity index (χ1) is 9.88. The van der Waals surface area contributed by atoms with Crippen LogP contribution in [0.2, 0.25) is 5.02 Å². The molecule has 2 rings (SSSR count). The summed E-state index contributed by atoms with van der Waals surface area (Å²) in [7, 11) is 0. The van der Waals surface area contributed by atoms with Gasteiger partial charge in [-0.3, -0.25) is 4.79 Å². The van der Waals surface area contributed by atoms with E-state index in [1.165, 1.54) is 12.1 Å². The number of hydrogen-bond donors (Lipinski definition) is 2. The minimum atomic E-state index is -1.12. The van der Waals surface area contributed by atoms with Crippen LogP contribution in [0.5, 0.6) is 0 Å². The van der Waals surface area contributed by atoms with Gasteiger partial charge in [0.05, 0.1) is 11.3 Å². The van der Waals surface area contributed by atoms with E-state index < -0.39 is 11.9 Å². The molecule has 0 aliphatic carbocycles. The third-order valence-corrected chi connectivity index (χ3v) is 3.67. The molecule has 21 heavy (non-hydrogen) atoms. The largest absolute Gasteiger partial charge is 0.478 e. The van der Waals surface area contributed by atoms with Gasteiger partial charge in [0, 0.05) is 15.1 Å². The molecule has 4 nitrogen and oxygen atoms in total. The standard InChI is InChI=1S/C15H11BrClNO3/c1-8-5-9(7-10(17)6-8)14(19)18-13-11(15(20)21)3-2-4-12(13)16/h2-7H,1H3,(H,18,19)(H,20,21). The summed E-state index contributed by atoms with van der Waals surface area (Å²) in [5.74, 6) is -1.54. The highest BCUT2D eigenvalue weighted by molar-refractivity contribution is 9.10. The number of rotatable bonds is 3. The monoisotopic (exact) mass is 367 g/mol. The summed E-state index contributed by atoms with van der Waals surface area (Å²) in [5.41, 5.74) is 1.44. The minimum absolute atomic E-state index is 0.0106. The lowest BCUT2D eigenvalue weighted by atomic mass is 10.1. The van der Waals surface area contributed by atoms with Crippen molar-refractivity contribution < 1.29 is 14.7 Å². The van der Waals surface area contributed by atoms with Gasteiger partial charge in [-0.25, -0.2) is 4.79 Å². The Hall–Kier alpha value is -1.85. The van der Waals surface area contributed by atoms with Crippen LogP contribution in [-0.2, 0) is 0 Å². The Morgan fingerprint density at radius 3 is 2.57 bits per heavy atom. The second-order valence-electron chi connectivity index (χ2n) is 4.44. The third kappa shape index (κ3) is 3.62. The van der Waals surface area contributed by atoms with Crippen LogP contribution in [0, 0.1) is 6.92 Å². The fourth-order valence-corrected chi connectivity index (χ4v) is 2.64. The van der Waals surface area contributed by atoms with E-state index in [4.69, 9.17) is 16.7 Å². The molecule has 0 aliphatic heterocycles. The van der Waals surface area contributed by atoms with Gasteiger partial charge >= 0.3 is 5.97 Å². The lowest BCUT2D eigenvalue weighted by molar-refractivity contribution is 0.0698. The summed E-state index contributed by atoms with van der Waals surface area (Å²) in [6, 6.07) is 9.61. The van der Waals surface area contributed by atoms with Crippen LogP contribution in [-0.4, -0.2) is 17.0 Å². The first kappa shape index (κ1) is 15.5. The second-order valence-corrected chi connectivity index (χ2v) is 5.73. The van der Waals surface area contributed by atoms with Gasteiger partial charge in [-0.05, 0) is 58.7 Å². The maximum absolute atomic E-state index is 12.3. The third-order valence-electron chi connectivity index (χ3n) is 2.79. The summed E-state index contributed by atoms with van der Waals surface area (Å²) in [5, 5.41) is 12.2. The molecule has 2 aromatic carbocycles. The van der Waals surface area contributed by atoms with Crippen molar-refractivity contribution >= 4 is 45.1 Å². The van der Waals surface area contributed by atoms with Gasteiger partial charge in [-0.15, -0.1) is 0 Å². The summed E-state index contributed by atoms with van der Waals surface area (Å²) < 4.78 is 0.495. The van der Waals surface area contributed by atoms with Crippen LogP contribution >= 0.6 is 27.5 Å². The van der Waals surface area contributed by atoms with Crippen LogP contribution in [0.1, 0.15) is 26.3 Å². The molecular weight excluding hydrogens is 358 g/mol. The molecule has 0 aromatic heterocycles. The Morgan fingerprint density at radius 2 is 1.95 bits per heavy atom. The van der Waals surface area contributed by atoms with Gasteiger partial charge in [-0.1, -0.05) is 17.7 Å². The summed E-state index contributed by atoms with van der Waals surface area (Å²) in [6.07, 6.45) is 0. The summed E-state index contributed by atoms with van der Waals surface area (Å²) in [4.78, 5) is 23.5. The number of nitrogens with one attached hydrogen (secondary N) is 1. The molecule has 0 heterocycles. The molecular formula is C15H11BrClNO3. The molecule has 6 heteroatoms. The first-order valence-electron chi connectivity index (χ1n) is 5.99. The summed E-state index contributed by atoms with van der Waals surface area (Å²) in [6.45, 7) is 1.82. The van der Waals surface area contributed by atoms with E-state index in [0.29, 0.717) is 15.1 Å². The number of carboxylic acids is 1. The fraction of sp³-hybridized carbons (Fsp3) is 0.0667. The maximum atomic E-state index is 12.3. The first-order valence-corrected chi connectivity index (χ1v) is 7.16. The Labute approximate surface area is 134 Å². The molecule has 0 saturated heterocycles. The predicted molar refractivity (Wildman–Crippen MR) is 85.2 cm³/mol. The number of aryl methyl sites for hydroxylation is 1. The number of amides is 1. The normalized spacial score (nSPS) is 10.2. The quantitative estimate of drug-likeness (QED) is 0.846. The average molecular weight is 369 g/mol. The SMILES string of the molecule is Cc1cc(Cl)cc(C(=O)Nc2c(Br)cccc2C(=O)O)c1. The van der Waals surface area contributed by atoms with Crippen LogP contribution in [0.25, 0.3) is 0 Å². The molecule has 0 fully saturated rings. The fourth-order valence-electron chi connectivity index (χ4n) is 1.88. The molecule has 0 radical (unpaired) electrons. The highest BCUT2D eigenvalue weighted by Crippen LogP contribution is 2.27. The van der Waals surface area contributed by atoms with Crippen molar-refractivity contribution in [3.8, 4) is 0 Å². The highest BCUT2D eigenvalue weighted by atomic mass is 79.9. The van der Waals surface area contributed by atoms with Gasteiger partial charge in [0.15, 0.2) is 0 Å². The predicted octanol–water partition coefficient (Wildman–Crippen LogP) is 4.36. The minimum Gasteiger partial charge on any atom is -0.478 e. The zero-order chi connectivity index (χ0) is 15.6. The number of carbonyl (C=O) groups excluding carboxylic acids is 1. The van der Waals surface area contributed by atoms with E-state index in [1.54, 1.807) is 24.3 Å². The Balaban J connectivity index is 2.38. The van der Waals surface area contributed by atoms with Gasteiger partial charge in [-0.2, -0.15) is 0 Å². The Bertz CT molecular complexity index is 711. The van der Waals surface area contributed by atoms with Gasteiger partial charge < -0.3 is 10.4 Å². The van der Waals surface area contributed by atoms with Crippen LogP contribution in [0.4, 0.5) is 5.69 Å². The molecule has 2 N–H and O–H groups in total. The molecule has 1 amide bonds. The van der Waals surface area contributed by atoms with Gasteiger partial charge in [0.2, 0.25) is 0 Å². The number of anilines is 1. The Morgan fingerprint density at radius 1 is 1.24 bits per heavy atom. The van der Waals surface area contributed by atoms with Crippen LogP contribution in [0.3, 0.4) is 0 Å². The molecule has 0 saturated carbocycles. The number of carbonyl (C=O) groups is 2. The second kappa shape index (κ2) is 6.28. The van der Waals surface area contributed by atoms with Gasteiger partial charge in [0.25, 0.3) is 5.91 Å². The van der Waals surface area contributed by atoms with Crippen LogP contribution < -0.4 is 5.32 Å². The number of aromatic carboxylic acids is 1. The smallest absolute Gasteiger partial charge is 0.337 e. The van der Waals surface area contributed by atoms with Crippen LogP contribution in [0.15, 0.2) is 40.9 Å². The van der Waals surface area contributed by atoms with E-state index >= 15 is 0 Å². The van der Waals surface area contributed by atoms with E-state index in [2.05, 4.69) is 21.2 Å². The highest BCUT2D eigenvalue weighted by Gasteiger charge is 2.16. The molecule has 108 valence electrons. The molecule has 0 spiro atoms. The Kier molecular flexibility index (Phi) is 4.65. The average Bonchev–Trinajstić information content (AvgIpc) is 2.39. The van der Waals surface area contributed by atoms with Crippen molar-refractivity contribution in [2.45, 2.75) is 6.92 Å². The molecule has 2 aromatic rings. The maximum Gasteiger partial charge on any atom is 0.337 e. The molecule has 0 aliphatic rings. The van der Waals surface area contributed by atoms with E-state index in [0.717, 1.165) is 5.56 Å². The van der Waals surface area contributed by atoms with E-state index in [9.17, 15) is 9.59 Å². The van der Waals surface area contributed by atoms with Crippen molar-refractivity contribution in [3.63, 3.8) is 0 Å². The number of carboxylic acid groups (broad SMARTS) is 1. The molecule has 0 atom stereocenters. The topological polar surface area (TPSA) is 66.4 Å².